The highest BCUT2D eigenvalue weighted by Gasteiger charge is 2.18. The van der Waals surface area contributed by atoms with Crippen molar-refractivity contribution in [2.75, 3.05) is 20.3 Å². The number of fused-ring (bicyclic) bond motifs is 1. The Kier molecular flexibility index (Phi) is 4.04. The van der Waals surface area contributed by atoms with E-state index < -0.39 is 11.8 Å². The van der Waals surface area contributed by atoms with Crippen LogP contribution >= 0.6 is 0 Å². The molecule has 0 fully saturated rings. The molecule has 102 valence electrons. The van der Waals surface area contributed by atoms with Crippen molar-refractivity contribution >= 4 is 11.7 Å². The molecule has 1 aliphatic rings. The van der Waals surface area contributed by atoms with Crippen LogP contribution in [0, 0.1) is 5.82 Å². The summed E-state index contributed by atoms with van der Waals surface area (Å²) in [5.41, 5.74) is 2.21. The largest absolute Gasteiger partial charge is 0.494 e. The smallest absolute Gasteiger partial charge is 0.332 e. The second-order valence-electron chi connectivity index (χ2n) is 4.13. The number of benzene rings is 1. The maximum absolute atomic E-state index is 13.7. The first-order valence-corrected chi connectivity index (χ1v) is 6.14. The Hall–Kier alpha value is -2.04. The molecule has 1 aliphatic heterocycles. The van der Waals surface area contributed by atoms with Crippen LogP contribution in [0.1, 0.15) is 18.1 Å². The summed E-state index contributed by atoms with van der Waals surface area (Å²) in [7, 11) is 1.43. The molecule has 1 aromatic rings. The van der Waals surface area contributed by atoms with Gasteiger partial charge in [0.2, 0.25) is 0 Å². The van der Waals surface area contributed by atoms with Crippen molar-refractivity contribution in [2.24, 2.45) is 0 Å². The molecule has 1 N–H and O–H groups in total. The molecule has 19 heavy (non-hydrogen) atoms. The summed E-state index contributed by atoms with van der Waals surface area (Å²) >= 11 is 0. The highest BCUT2D eigenvalue weighted by molar-refractivity contribution is 5.91. The first-order valence-electron chi connectivity index (χ1n) is 6.14. The van der Waals surface area contributed by atoms with Crippen molar-refractivity contribution in [3.8, 4) is 5.75 Å². The van der Waals surface area contributed by atoms with E-state index in [0.717, 1.165) is 12.0 Å². The van der Waals surface area contributed by atoms with Gasteiger partial charge in [-0.1, -0.05) is 0 Å². The number of methoxy groups -OCH3 is 1. The van der Waals surface area contributed by atoms with Crippen LogP contribution in [-0.4, -0.2) is 26.2 Å². The number of hydrogen-bond acceptors (Lipinski definition) is 4. The van der Waals surface area contributed by atoms with Crippen LogP contribution in [0.2, 0.25) is 0 Å². The lowest BCUT2D eigenvalue weighted by Gasteiger charge is -2.21. The first kappa shape index (κ1) is 13.4. The zero-order valence-electron chi connectivity index (χ0n) is 11.0. The van der Waals surface area contributed by atoms with Crippen LogP contribution in [0.25, 0.3) is 5.70 Å². The first-order chi connectivity index (χ1) is 9.15. The Morgan fingerprint density at radius 2 is 2.32 bits per heavy atom. The van der Waals surface area contributed by atoms with E-state index in [1.54, 1.807) is 13.0 Å². The lowest BCUT2D eigenvalue weighted by Crippen LogP contribution is -2.24. The molecule has 5 heteroatoms. The molecular formula is C14H16FNO3. The predicted octanol–water partition coefficient (Wildman–Crippen LogP) is 1.88. The van der Waals surface area contributed by atoms with Crippen molar-refractivity contribution in [1.82, 2.24) is 5.32 Å². The van der Waals surface area contributed by atoms with Gasteiger partial charge in [0, 0.05) is 23.9 Å². The van der Waals surface area contributed by atoms with Gasteiger partial charge in [0.25, 0.3) is 0 Å². The SMILES string of the molecule is CCOC(=O)/C=C1\NCCc2cc(OC)c(F)cc21. The molecule has 0 saturated carbocycles. The fourth-order valence-electron chi connectivity index (χ4n) is 2.07. The number of hydrogen-bond donors (Lipinski definition) is 1. The third kappa shape index (κ3) is 2.86. The Morgan fingerprint density at radius 3 is 3.00 bits per heavy atom. The average Bonchev–Trinajstić information content (AvgIpc) is 2.39. The molecule has 0 aromatic heterocycles. The number of nitrogens with one attached hydrogen (secondary N) is 1. The summed E-state index contributed by atoms with van der Waals surface area (Å²) in [5, 5.41) is 3.08. The topological polar surface area (TPSA) is 47.6 Å². The van der Waals surface area contributed by atoms with Gasteiger partial charge in [-0.3, -0.25) is 0 Å². The fourth-order valence-corrected chi connectivity index (χ4v) is 2.07. The van der Waals surface area contributed by atoms with E-state index >= 15 is 0 Å². The van der Waals surface area contributed by atoms with Crippen LogP contribution in [0.15, 0.2) is 18.2 Å². The van der Waals surface area contributed by atoms with Crippen LogP contribution in [0.5, 0.6) is 5.75 Å². The van der Waals surface area contributed by atoms with E-state index in [1.165, 1.54) is 19.3 Å². The third-order valence-electron chi connectivity index (χ3n) is 2.93. The fraction of sp³-hybridized carbons (Fsp3) is 0.357. The number of rotatable bonds is 3. The zero-order chi connectivity index (χ0) is 13.8. The van der Waals surface area contributed by atoms with Gasteiger partial charge in [0.05, 0.1) is 13.7 Å². The monoisotopic (exact) mass is 265 g/mol. The lowest BCUT2D eigenvalue weighted by molar-refractivity contribution is -0.137. The molecule has 0 aliphatic carbocycles. The molecule has 0 atom stereocenters. The molecule has 0 unspecified atom stereocenters. The summed E-state index contributed by atoms with van der Waals surface area (Å²) in [5.74, 6) is -0.662. The standard InChI is InChI=1S/C14H16FNO3/c1-3-19-14(17)8-12-10-7-11(15)13(18-2)6-9(10)4-5-16-12/h6-8,16H,3-5H2,1-2H3/b12-8-. The second kappa shape index (κ2) is 5.73. The van der Waals surface area contributed by atoms with Gasteiger partial charge in [0.15, 0.2) is 11.6 Å². The summed E-state index contributed by atoms with van der Waals surface area (Å²) in [6, 6.07) is 3.05. The molecule has 1 aromatic carbocycles. The van der Waals surface area contributed by atoms with Gasteiger partial charge in [-0.2, -0.15) is 0 Å². The number of esters is 1. The van der Waals surface area contributed by atoms with E-state index in [1.807, 2.05) is 0 Å². The van der Waals surface area contributed by atoms with Crippen LogP contribution in [-0.2, 0) is 16.0 Å². The van der Waals surface area contributed by atoms with Gasteiger partial charge >= 0.3 is 5.97 Å². The van der Waals surface area contributed by atoms with Crippen LogP contribution in [0.4, 0.5) is 4.39 Å². The number of ether oxygens (including phenoxy) is 2. The van der Waals surface area contributed by atoms with Crippen molar-refractivity contribution in [1.29, 1.82) is 0 Å². The quantitative estimate of drug-likeness (QED) is 0.669. The van der Waals surface area contributed by atoms with E-state index in [4.69, 9.17) is 9.47 Å². The third-order valence-corrected chi connectivity index (χ3v) is 2.93. The molecular weight excluding hydrogens is 249 g/mol. The normalized spacial score (nSPS) is 15.6. The van der Waals surface area contributed by atoms with E-state index in [2.05, 4.69) is 5.32 Å². The van der Waals surface area contributed by atoms with Crippen molar-refractivity contribution < 1.29 is 18.7 Å². The van der Waals surface area contributed by atoms with E-state index in [-0.39, 0.29) is 5.75 Å². The summed E-state index contributed by atoms with van der Waals surface area (Å²) in [6.45, 7) is 2.74. The maximum Gasteiger partial charge on any atom is 0.332 e. The van der Waals surface area contributed by atoms with Gasteiger partial charge in [-0.15, -0.1) is 0 Å². The molecule has 0 amide bonds. The van der Waals surface area contributed by atoms with Crippen LogP contribution in [0.3, 0.4) is 0 Å². The number of halogens is 1. The second-order valence-corrected chi connectivity index (χ2v) is 4.13. The highest BCUT2D eigenvalue weighted by Crippen LogP contribution is 2.28. The lowest BCUT2D eigenvalue weighted by atomic mass is 9.97. The van der Waals surface area contributed by atoms with E-state index in [0.29, 0.717) is 24.4 Å². The van der Waals surface area contributed by atoms with Crippen LogP contribution < -0.4 is 10.1 Å². The van der Waals surface area contributed by atoms with Crippen molar-refractivity contribution in [2.45, 2.75) is 13.3 Å². The Labute approximate surface area is 111 Å². The molecule has 0 bridgehead atoms. The summed E-state index contributed by atoms with van der Waals surface area (Å²) in [6.07, 6.45) is 2.11. The predicted molar refractivity (Wildman–Crippen MR) is 69.3 cm³/mol. The van der Waals surface area contributed by atoms with Crippen molar-refractivity contribution in [3.63, 3.8) is 0 Å². The Morgan fingerprint density at radius 1 is 1.53 bits per heavy atom. The molecule has 0 radical (unpaired) electrons. The minimum absolute atomic E-state index is 0.219. The number of carbonyl (C=O) groups is 1. The summed E-state index contributed by atoms with van der Waals surface area (Å²) < 4.78 is 23.6. The minimum Gasteiger partial charge on any atom is -0.494 e. The van der Waals surface area contributed by atoms with Gasteiger partial charge < -0.3 is 14.8 Å². The van der Waals surface area contributed by atoms with Gasteiger partial charge in [-0.25, -0.2) is 9.18 Å². The van der Waals surface area contributed by atoms with Gasteiger partial charge in [-0.05, 0) is 31.0 Å². The number of carbonyl (C=O) groups excluding carboxylic acids is 1. The Balaban J connectivity index is 2.39. The zero-order valence-corrected chi connectivity index (χ0v) is 11.0. The highest BCUT2D eigenvalue weighted by atomic mass is 19.1. The average molecular weight is 265 g/mol. The molecule has 1 heterocycles. The Bertz CT molecular complexity index is 526. The minimum atomic E-state index is -0.445. The molecule has 0 spiro atoms. The molecule has 2 rings (SSSR count). The van der Waals surface area contributed by atoms with Gasteiger partial charge in [0.1, 0.15) is 0 Å². The van der Waals surface area contributed by atoms with Crippen molar-refractivity contribution in [3.05, 3.63) is 35.2 Å². The maximum atomic E-state index is 13.7. The molecule has 4 nitrogen and oxygen atoms in total. The molecule has 0 saturated heterocycles. The summed E-state index contributed by atoms with van der Waals surface area (Å²) in [4.78, 5) is 11.5. The van der Waals surface area contributed by atoms with E-state index in [9.17, 15) is 9.18 Å².